The van der Waals surface area contributed by atoms with E-state index in [9.17, 15) is 4.79 Å². The highest BCUT2D eigenvalue weighted by Gasteiger charge is 2.17. The fourth-order valence-corrected chi connectivity index (χ4v) is 0.779. The van der Waals surface area contributed by atoms with Gasteiger partial charge in [-0.05, 0) is 33.7 Å². The molecule has 0 aromatic rings. The third-order valence-electron chi connectivity index (χ3n) is 2.10. The first kappa shape index (κ1) is 12.4. The maximum Gasteiger partial charge on any atom is 0.320 e. The minimum absolute atomic E-state index is 0.189. The molecule has 78 valence electrons. The number of rotatable bonds is 6. The quantitative estimate of drug-likeness (QED) is 0.650. The van der Waals surface area contributed by atoms with Gasteiger partial charge in [0.2, 0.25) is 0 Å². The topological polar surface area (TPSA) is 58.6 Å². The number of hydrogen-bond donors (Lipinski definition) is 2. The maximum absolute atomic E-state index is 10.4. The molecule has 0 bridgehead atoms. The van der Waals surface area contributed by atoms with Crippen molar-refractivity contribution in [3.63, 3.8) is 0 Å². The normalized spacial score (nSPS) is 14.2. The Hall–Kier alpha value is -0.610. The van der Waals surface area contributed by atoms with Crippen molar-refractivity contribution < 1.29 is 14.6 Å². The van der Waals surface area contributed by atoms with Crippen LogP contribution in [0.2, 0.25) is 0 Å². The lowest BCUT2D eigenvalue weighted by Crippen LogP contribution is -2.37. The number of aliphatic carboxylic acids is 1. The van der Waals surface area contributed by atoms with E-state index in [2.05, 4.69) is 5.32 Å². The Morgan fingerprint density at radius 2 is 2.15 bits per heavy atom. The molecule has 0 aromatic heterocycles. The van der Waals surface area contributed by atoms with Crippen LogP contribution in [0.15, 0.2) is 0 Å². The van der Waals surface area contributed by atoms with Crippen molar-refractivity contribution in [2.75, 3.05) is 13.7 Å². The minimum atomic E-state index is -0.824. The Balaban J connectivity index is 3.62. The molecule has 13 heavy (non-hydrogen) atoms. The van der Waals surface area contributed by atoms with Gasteiger partial charge in [0.15, 0.2) is 0 Å². The number of carboxylic acid groups (broad SMARTS) is 1. The van der Waals surface area contributed by atoms with Crippen LogP contribution >= 0.6 is 0 Å². The zero-order valence-corrected chi connectivity index (χ0v) is 8.76. The van der Waals surface area contributed by atoms with Gasteiger partial charge in [0, 0.05) is 7.11 Å². The average Bonchev–Trinajstić information content (AvgIpc) is 2.04. The Morgan fingerprint density at radius 3 is 2.54 bits per heavy atom. The predicted octanol–water partition coefficient (Wildman–Crippen LogP) is 0.864. The summed E-state index contributed by atoms with van der Waals surface area (Å²) >= 11 is 0. The molecule has 0 heterocycles. The van der Waals surface area contributed by atoms with E-state index >= 15 is 0 Å². The van der Waals surface area contributed by atoms with Crippen molar-refractivity contribution in [1.82, 2.24) is 5.32 Å². The SMILES string of the molecule is COC(C)(C)CCN[C@@H](C)C(=O)O. The van der Waals surface area contributed by atoms with Crippen molar-refractivity contribution in [2.24, 2.45) is 0 Å². The van der Waals surface area contributed by atoms with Crippen LogP contribution in [0.3, 0.4) is 0 Å². The summed E-state index contributed by atoms with van der Waals surface area (Å²) in [5.41, 5.74) is -0.189. The van der Waals surface area contributed by atoms with Gasteiger partial charge in [-0.15, -0.1) is 0 Å². The van der Waals surface area contributed by atoms with Gasteiger partial charge in [-0.3, -0.25) is 4.79 Å². The smallest absolute Gasteiger partial charge is 0.320 e. The molecule has 0 radical (unpaired) electrons. The summed E-state index contributed by atoms with van der Waals surface area (Å²) in [4.78, 5) is 10.4. The van der Waals surface area contributed by atoms with E-state index in [-0.39, 0.29) is 5.60 Å². The molecule has 0 saturated carbocycles. The highest BCUT2D eigenvalue weighted by atomic mass is 16.5. The lowest BCUT2D eigenvalue weighted by atomic mass is 10.1. The summed E-state index contributed by atoms with van der Waals surface area (Å²) in [5, 5.41) is 11.5. The van der Waals surface area contributed by atoms with Crippen LogP contribution in [0.5, 0.6) is 0 Å². The Labute approximate surface area is 79.3 Å². The van der Waals surface area contributed by atoms with E-state index in [1.54, 1.807) is 14.0 Å². The minimum Gasteiger partial charge on any atom is -0.480 e. The molecule has 0 aliphatic carbocycles. The molecule has 0 amide bonds. The zero-order chi connectivity index (χ0) is 10.5. The average molecular weight is 189 g/mol. The second-order valence-electron chi connectivity index (χ2n) is 3.73. The van der Waals surface area contributed by atoms with Crippen molar-refractivity contribution in [2.45, 2.75) is 38.8 Å². The fraction of sp³-hybridized carbons (Fsp3) is 0.889. The summed E-state index contributed by atoms with van der Waals surface area (Å²) in [6, 6.07) is -0.493. The number of nitrogens with one attached hydrogen (secondary N) is 1. The van der Waals surface area contributed by atoms with Crippen molar-refractivity contribution in [1.29, 1.82) is 0 Å². The van der Waals surface area contributed by atoms with Crippen LogP contribution in [0.4, 0.5) is 0 Å². The molecule has 2 N–H and O–H groups in total. The van der Waals surface area contributed by atoms with Gasteiger partial charge < -0.3 is 15.2 Å². The van der Waals surface area contributed by atoms with Gasteiger partial charge in [-0.2, -0.15) is 0 Å². The molecular formula is C9H19NO3. The third kappa shape index (κ3) is 5.60. The first-order valence-corrected chi connectivity index (χ1v) is 4.40. The standard InChI is InChI=1S/C9H19NO3/c1-7(8(11)12)10-6-5-9(2,3)13-4/h7,10H,5-6H2,1-4H3,(H,11,12)/t7-/m0/s1. The molecule has 0 rings (SSSR count). The first-order chi connectivity index (χ1) is 5.89. The molecular weight excluding hydrogens is 170 g/mol. The number of ether oxygens (including phenoxy) is 1. The van der Waals surface area contributed by atoms with Crippen LogP contribution in [0, 0.1) is 0 Å². The first-order valence-electron chi connectivity index (χ1n) is 4.40. The Morgan fingerprint density at radius 1 is 1.62 bits per heavy atom. The highest BCUT2D eigenvalue weighted by Crippen LogP contribution is 2.11. The van der Waals surface area contributed by atoms with Gasteiger partial charge in [-0.25, -0.2) is 0 Å². The van der Waals surface area contributed by atoms with E-state index in [1.165, 1.54) is 0 Å². The molecule has 1 atom stereocenters. The molecule has 4 nitrogen and oxygen atoms in total. The van der Waals surface area contributed by atoms with Crippen LogP contribution in [-0.2, 0) is 9.53 Å². The summed E-state index contributed by atoms with van der Waals surface area (Å²) in [6.07, 6.45) is 0.793. The second-order valence-corrected chi connectivity index (χ2v) is 3.73. The van der Waals surface area contributed by atoms with Gasteiger partial charge in [-0.1, -0.05) is 0 Å². The van der Waals surface area contributed by atoms with Crippen molar-refractivity contribution in [3.8, 4) is 0 Å². The molecule has 0 aromatic carbocycles. The molecule has 0 aliphatic heterocycles. The molecule has 0 unspecified atom stereocenters. The number of carbonyl (C=O) groups is 1. The lowest BCUT2D eigenvalue weighted by Gasteiger charge is -2.23. The zero-order valence-electron chi connectivity index (χ0n) is 8.76. The summed E-state index contributed by atoms with van der Waals surface area (Å²) in [5.74, 6) is -0.824. The predicted molar refractivity (Wildman–Crippen MR) is 50.8 cm³/mol. The van der Waals surface area contributed by atoms with Crippen LogP contribution in [-0.4, -0.2) is 36.4 Å². The fourth-order valence-electron chi connectivity index (χ4n) is 0.779. The number of carboxylic acids is 1. The van der Waals surface area contributed by atoms with E-state index in [0.29, 0.717) is 6.54 Å². The van der Waals surface area contributed by atoms with E-state index in [0.717, 1.165) is 6.42 Å². The lowest BCUT2D eigenvalue weighted by molar-refractivity contribution is -0.139. The van der Waals surface area contributed by atoms with Gasteiger partial charge in [0.1, 0.15) is 6.04 Å². The van der Waals surface area contributed by atoms with Crippen molar-refractivity contribution in [3.05, 3.63) is 0 Å². The molecule has 0 fully saturated rings. The Bertz CT molecular complexity index is 168. The monoisotopic (exact) mass is 189 g/mol. The molecule has 4 heteroatoms. The van der Waals surface area contributed by atoms with E-state index in [4.69, 9.17) is 9.84 Å². The largest absolute Gasteiger partial charge is 0.480 e. The second kappa shape index (κ2) is 5.19. The van der Waals surface area contributed by atoms with Gasteiger partial charge in [0.25, 0.3) is 0 Å². The summed E-state index contributed by atoms with van der Waals surface area (Å²) < 4.78 is 5.19. The summed E-state index contributed by atoms with van der Waals surface area (Å²) in [7, 11) is 1.65. The van der Waals surface area contributed by atoms with Crippen LogP contribution in [0.25, 0.3) is 0 Å². The molecule has 0 aliphatic rings. The number of methoxy groups -OCH3 is 1. The Kier molecular flexibility index (Phi) is 4.95. The van der Waals surface area contributed by atoms with Crippen molar-refractivity contribution >= 4 is 5.97 Å². The summed E-state index contributed by atoms with van der Waals surface area (Å²) in [6.45, 7) is 6.22. The van der Waals surface area contributed by atoms with Crippen LogP contribution in [0.1, 0.15) is 27.2 Å². The molecule has 0 saturated heterocycles. The maximum atomic E-state index is 10.4. The van der Waals surface area contributed by atoms with E-state index in [1.807, 2.05) is 13.8 Å². The van der Waals surface area contributed by atoms with Gasteiger partial charge >= 0.3 is 5.97 Å². The van der Waals surface area contributed by atoms with Gasteiger partial charge in [0.05, 0.1) is 5.60 Å². The molecule has 0 spiro atoms. The third-order valence-corrected chi connectivity index (χ3v) is 2.10. The van der Waals surface area contributed by atoms with E-state index < -0.39 is 12.0 Å². The number of hydrogen-bond acceptors (Lipinski definition) is 3. The van der Waals surface area contributed by atoms with Crippen LogP contribution < -0.4 is 5.32 Å². The highest BCUT2D eigenvalue weighted by molar-refractivity contribution is 5.72.